The van der Waals surface area contributed by atoms with Crippen LogP contribution in [0.3, 0.4) is 0 Å². The highest BCUT2D eigenvalue weighted by atomic mass is 16.2. The Morgan fingerprint density at radius 3 is 2.80 bits per heavy atom. The van der Waals surface area contributed by atoms with E-state index in [4.69, 9.17) is 0 Å². The summed E-state index contributed by atoms with van der Waals surface area (Å²) in [5, 5.41) is 1.20. The van der Waals surface area contributed by atoms with Gasteiger partial charge in [0.25, 0.3) is 5.91 Å². The van der Waals surface area contributed by atoms with Crippen LogP contribution in [-0.2, 0) is 6.54 Å². The summed E-state index contributed by atoms with van der Waals surface area (Å²) >= 11 is 0. The number of likely N-dealkylation sites (tertiary alicyclic amines) is 1. The van der Waals surface area contributed by atoms with Gasteiger partial charge in [-0.15, -0.1) is 6.58 Å². The molecule has 1 aromatic carbocycles. The van der Waals surface area contributed by atoms with Crippen molar-refractivity contribution in [3.63, 3.8) is 0 Å². The third-order valence-electron chi connectivity index (χ3n) is 5.47. The molecule has 0 N–H and O–H groups in total. The Morgan fingerprint density at radius 2 is 2.16 bits per heavy atom. The van der Waals surface area contributed by atoms with E-state index in [-0.39, 0.29) is 5.91 Å². The summed E-state index contributed by atoms with van der Waals surface area (Å²) < 4.78 is 2.14. The van der Waals surface area contributed by atoms with E-state index in [2.05, 4.69) is 57.0 Å². The van der Waals surface area contributed by atoms with E-state index >= 15 is 0 Å². The number of carbonyl (C=O) groups is 1. The fourth-order valence-electron chi connectivity index (χ4n) is 4.02. The highest BCUT2D eigenvalue weighted by Crippen LogP contribution is 2.30. The summed E-state index contributed by atoms with van der Waals surface area (Å²) in [5.74, 6) is 1.24. The van der Waals surface area contributed by atoms with E-state index in [1.54, 1.807) is 0 Å². The normalized spacial score (nSPS) is 18.1. The first-order valence-corrected chi connectivity index (χ1v) is 9.47. The zero-order chi connectivity index (χ0) is 18.1. The fourth-order valence-corrected chi connectivity index (χ4v) is 4.02. The Kier molecular flexibility index (Phi) is 5.03. The van der Waals surface area contributed by atoms with Gasteiger partial charge in [0.1, 0.15) is 5.69 Å². The summed E-state index contributed by atoms with van der Waals surface area (Å²) in [7, 11) is 0. The number of nitrogens with zero attached hydrogens (tertiary/aromatic N) is 2. The van der Waals surface area contributed by atoms with Crippen LogP contribution in [-0.4, -0.2) is 28.5 Å². The lowest BCUT2D eigenvalue weighted by Crippen LogP contribution is -2.40. The minimum Gasteiger partial charge on any atom is -0.337 e. The molecule has 3 nitrogen and oxygen atoms in total. The van der Waals surface area contributed by atoms with E-state index in [0.29, 0.717) is 18.4 Å². The summed E-state index contributed by atoms with van der Waals surface area (Å²) in [6.45, 7) is 15.0. The Morgan fingerprint density at radius 1 is 1.40 bits per heavy atom. The van der Waals surface area contributed by atoms with Crippen molar-refractivity contribution in [2.24, 2.45) is 5.92 Å². The minimum atomic E-state index is 0.174. The molecule has 1 unspecified atom stereocenters. The number of benzene rings is 1. The first-order valence-electron chi connectivity index (χ1n) is 9.47. The summed E-state index contributed by atoms with van der Waals surface area (Å²) in [6.07, 6.45) is 4.20. The Labute approximate surface area is 151 Å². The Hall–Kier alpha value is -2.03. The van der Waals surface area contributed by atoms with Gasteiger partial charge in [-0.25, -0.2) is 0 Å². The standard InChI is InChI=1S/C22H30N2O/c1-6-11-24-20-10-9-18(15(2)3)13-19(20)17(5)21(24)22(25)23-12-7-8-16(4)14-23/h6,9-10,13,15-16H,1,7-8,11-12,14H2,2-5H3. The zero-order valence-electron chi connectivity index (χ0n) is 16.0. The lowest BCUT2D eigenvalue weighted by Gasteiger charge is -2.31. The smallest absolute Gasteiger partial charge is 0.270 e. The second-order valence-corrected chi connectivity index (χ2v) is 7.80. The molecule has 1 amide bonds. The number of aryl methyl sites for hydroxylation is 1. The predicted octanol–water partition coefficient (Wildman–Crippen LogP) is 5.13. The van der Waals surface area contributed by atoms with Crippen LogP contribution in [0.2, 0.25) is 0 Å². The van der Waals surface area contributed by atoms with Crippen molar-refractivity contribution in [3.8, 4) is 0 Å². The monoisotopic (exact) mass is 338 g/mol. The van der Waals surface area contributed by atoms with Crippen LogP contribution < -0.4 is 0 Å². The number of allylic oxidation sites excluding steroid dienone is 1. The van der Waals surface area contributed by atoms with Crippen molar-refractivity contribution in [1.29, 1.82) is 0 Å². The van der Waals surface area contributed by atoms with Gasteiger partial charge < -0.3 is 9.47 Å². The van der Waals surface area contributed by atoms with Crippen molar-refractivity contribution >= 4 is 16.8 Å². The van der Waals surface area contributed by atoms with E-state index < -0.39 is 0 Å². The van der Waals surface area contributed by atoms with Crippen LogP contribution in [0.5, 0.6) is 0 Å². The van der Waals surface area contributed by atoms with Crippen molar-refractivity contribution in [1.82, 2.24) is 9.47 Å². The molecule has 0 saturated carbocycles. The number of rotatable bonds is 4. The average Bonchev–Trinajstić information content (AvgIpc) is 2.86. The molecule has 1 fully saturated rings. The maximum Gasteiger partial charge on any atom is 0.270 e. The Bertz CT molecular complexity index is 800. The quantitative estimate of drug-likeness (QED) is 0.709. The number of fused-ring (bicyclic) bond motifs is 1. The van der Waals surface area contributed by atoms with Gasteiger partial charge in [-0.05, 0) is 54.9 Å². The van der Waals surface area contributed by atoms with Gasteiger partial charge >= 0.3 is 0 Å². The first-order chi connectivity index (χ1) is 11.9. The molecule has 3 rings (SSSR count). The van der Waals surface area contributed by atoms with Crippen LogP contribution in [0.4, 0.5) is 0 Å². The van der Waals surface area contributed by atoms with Crippen LogP contribution >= 0.6 is 0 Å². The third kappa shape index (κ3) is 3.24. The van der Waals surface area contributed by atoms with E-state index in [9.17, 15) is 4.79 Å². The molecule has 1 aliphatic heterocycles. The van der Waals surface area contributed by atoms with Crippen molar-refractivity contribution in [3.05, 3.63) is 47.7 Å². The molecule has 1 saturated heterocycles. The number of piperidine rings is 1. The van der Waals surface area contributed by atoms with Crippen molar-refractivity contribution < 1.29 is 4.79 Å². The predicted molar refractivity (Wildman–Crippen MR) is 105 cm³/mol. The fraction of sp³-hybridized carbons (Fsp3) is 0.500. The van der Waals surface area contributed by atoms with Crippen molar-refractivity contribution in [2.75, 3.05) is 13.1 Å². The topological polar surface area (TPSA) is 25.2 Å². The van der Waals surface area contributed by atoms with Crippen LogP contribution in [0.25, 0.3) is 10.9 Å². The lowest BCUT2D eigenvalue weighted by molar-refractivity contribution is 0.0672. The largest absolute Gasteiger partial charge is 0.337 e. The zero-order valence-corrected chi connectivity index (χ0v) is 16.0. The van der Waals surface area contributed by atoms with Gasteiger partial charge in [-0.2, -0.15) is 0 Å². The third-order valence-corrected chi connectivity index (χ3v) is 5.47. The Balaban J connectivity index is 2.12. The number of aromatic nitrogens is 1. The van der Waals surface area contributed by atoms with Gasteiger partial charge in [-0.1, -0.05) is 32.9 Å². The van der Waals surface area contributed by atoms with Gasteiger partial charge in [-0.3, -0.25) is 4.79 Å². The molecule has 1 aromatic heterocycles. The lowest BCUT2D eigenvalue weighted by atomic mass is 9.99. The molecular formula is C22H30N2O. The molecule has 2 heterocycles. The van der Waals surface area contributed by atoms with Gasteiger partial charge in [0.05, 0.1) is 0 Å². The molecule has 3 heteroatoms. The van der Waals surface area contributed by atoms with Gasteiger partial charge in [0, 0.05) is 30.5 Å². The highest BCUT2D eigenvalue weighted by Gasteiger charge is 2.27. The number of amides is 1. The maximum absolute atomic E-state index is 13.3. The van der Waals surface area contributed by atoms with Crippen LogP contribution in [0, 0.1) is 12.8 Å². The molecule has 25 heavy (non-hydrogen) atoms. The highest BCUT2D eigenvalue weighted by molar-refractivity contribution is 6.02. The number of hydrogen-bond donors (Lipinski definition) is 0. The second kappa shape index (κ2) is 7.07. The van der Waals surface area contributed by atoms with Crippen LogP contribution in [0.15, 0.2) is 30.9 Å². The minimum absolute atomic E-state index is 0.174. The molecule has 0 radical (unpaired) electrons. The summed E-state index contributed by atoms with van der Waals surface area (Å²) in [6, 6.07) is 6.60. The summed E-state index contributed by atoms with van der Waals surface area (Å²) in [5.41, 5.74) is 4.39. The van der Waals surface area contributed by atoms with E-state index in [0.717, 1.165) is 36.3 Å². The van der Waals surface area contributed by atoms with Crippen molar-refractivity contribution in [2.45, 2.75) is 53.0 Å². The molecular weight excluding hydrogens is 308 g/mol. The van der Waals surface area contributed by atoms with E-state index in [1.165, 1.54) is 17.4 Å². The molecule has 0 bridgehead atoms. The van der Waals surface area contributed by atoms with Crippen LogP contribution in [0.1, 0.15) is 61.1 Å². The summed E-state index contributed by atoms with van der Waals surface area (Å²) in [4.78, 5) is 15.4. The van der Waals surface area contributed by atoms with Gasteiger partial charge in [0.15, 0.2) is 0 Å². The molecule has 1 atom stereocenters. The first kappa shape index (κ1) is 17.8. The molecule has 0 aliphatic carbocycles. The molecule has 134 valence electrons. The maximum atomic E-state index is 13.3. The van der Waals surface area contributed by atoms with Gasteiger partial charge in [0.2, 0.25) is 0 Å². The molecule has 1 aliphatic rings. The van der Waals surface area contributed by atoms with E-state index in [1.807, 2.05) is 11.0 Å². The average molecular weight is 338 g/mol. The molecule has 0 spiro atoms. The number of hydrogen-bond acceptors (Lipinski definition) is 1. The molecule has 2 aromatic rings. The second-order valence-electron chi connectivity index (χ2n) is 7.80. The number of carbonyl (C=O) groups excluding carboxylic acids is 1. The SMILES string of the molecule is C=CCn1c(C(=O)N2CCCC(C)C2)c(C)c2cc(C(C)C)ccc21.